The molecule has 1 saturated heterocycles. The number of hydrogen-bond acceptors (Lipinski definition) is 8. The second-order valence-corrected chi connectivity index (χ2v) is 10.4. The van der Waals surface area contributed by atoms with Gasteiger partial charge in [0.15, 0.2) is 11.5 Å². The molecule has 212 valence electrons. The number of ether oxygens (including phenoxy) is 1. The first-order valence-corrected chi connectivity index (χ1v) is 14.0. The first kappa shape index (κ1) is 31.8. The van der Waals surface area contributed by atoms with Gasteiger partial charge in [-0.25, -0.2) is 9.29 Å². The Hall–Kier alpha value is -3.37. The highest BCUT2D eigenvalue weighted by molar-refractivity contribution is 7.97. The van der Waals surface area contributed by atoms with Crippen LogP contribution in [-0.4, -0.2) is 59.7 Å². The highest BCUT2D eigenvalue weighted by Crippen LogP contribution is 2.24. The Morgan fingerprint density at radius 2 is 1.92 bits per heavy atom. The number of carbonyl (C=O) groups excluding carboxylic acids is 3. The monoisotopic (exact) mass is 556 g/mol. The van der Waals surface area contributed by atoms with Crippen molar-refractivity contribution >= 4 is 40.5 Å². The molecule has 3 heterocycles. The van der Waals surface area contributed by atoms with Gasteiger partial charge in [-0.3, -0.25) is 14.4 Å². The van der Waals surface area contributed by atoms with Crippen molar-refractivity contribution in [3.05, 3.63) is 54.4 Å². The molecule has 1 fully saturated rings. The molecule has 0 bridgehead atoms. The summed E-state index contributed by atoms with van der Waals surface area (Å²) >= 11 is 1.43. The molecule has 1 atom stereocenters. The molecule has 2 amide bonds. The number of hydrogen-bond donors (Lipinski definition) is 2. The maximum Gasteiger partial charge on any atom is 0.287 e. The zero-order chi connectivity index (χ0) is 28.8. The molecule has 9 nitrogen and oxygen atoms in total. The number of benzene rings is 1. The normalized spacial score (nSPS) is 15.4. The summed E-state index contributed by atoms with van der Waals surface area (Å²) in [4.78, 5) is 41.7. The van der Waals surface area contributed by atoms with Crippen LogP contribution in [0, 0.1) is 5.92 Å². The summed E-state index contributed by atoms with van der Waals surface area (Å²) in [6, 6.07) is 11.8. The summed E-state index contributed by atoms with van der Waals surface area (Å²) in [5.41, 5.74) is 0.544. The van der Waals surface area contributed by atoms with E-state index in [-0.39, 0.29) is 24.6 Å². The molecule has 0 saturated carbocycles. The van der Waals surface area contributed by atoms with Crippen molar-refractivity contribution < 1.29 is 23.5 Å². The minimum atomic E-state index is -0.581. The van der Waals surface area contributed by atoms with Gasteiger partial charge >= 0.3 is 0 Å². The van der Waals surface area contributed by atoms with E-state index in [2.05, 4.69) is 36.4 Å². The lowest BCUT2D eigenvalue weighted by atomic mass is 10.1. The van der Waals surface area contributed by atoms with Gasteiger partial charge in [0, 0.05) is 18.1 Å². The van der Waals surface area contributed by atoms with Gasteiger partial charge in [-0.2, -0.15) is 0 Å². The van der Waals surface area contributed by atoms with E-state index in [4.69, 9.17) is 9.15 Å². The fourth-order valence-corrected chi connectivity index (χ4v) is 4.44. The van der Waals surface area contributed by atoms with Crippen LogP contribution in [0.3, 0.4) is 0 Å². The van der Waals surface area contributed by atoms with Gasteiger partial charge in [-0.05, 0) is 67.1 Å². The molecular weight excluding hydrogens is 516 g/mol. The molecule has 1 aromatic carbocycles. The lowest BCUT2D eigenvalue weighted by Crippen LogP contribution is -2.46. The maximum absolute atomic E-state index is 12.7. The fraction of sp³-hybridized carbons (Fsp3) is 0.448. The van der Waals surface area contributed by atoms with Crippen LogP contribution in [0.25, 0.3) is 11.0 Å². The van der Waals surface area contributed by atoms with Gasteiger partial charge in [0.25, 0.3) is 5.91 Å². The van der Waals surface area contributed by atoms with Crippen molar-refractivity contribution in [2.45, 2.75) is 58.5 Å². The Kier molecular flexibility index (Phi) is 13.5. The minimum Gasteiger partial charge on any atom is -0.497 e. The number of Topliss-reactive ketones (excluding diaryl/α,β-unsaturated/α-hetero) is 1. The van der Waals surface area contributed by atoms with Crippen LogP contribution in [0.1, 0.15) is 58.0 Å². The minimum absolute atomic E-state index is 0.0677. The molecular formula is C29H40N4O5S. The number of methoxy groups -OCH3 is 1. The van der Waals surface area contributed by atoms with E-state index >= 15 is 0 Å². The lowest BCUT2D eigenvalue weighted by Gasteiger charge is -2.18. The average Bonchev–Trinajstić information content (AvgIpc) is 3.28. The first-order chi connectivity index (χ1) is 18.7. The van der Waals surface area contributed by atoms with E-state index in [0.29, 0.717) is 24.3 Å². The Bertz CT molecular complexity index is 1200. The number of rotatable bonds is 7. The predicted molar refractivity (Wildman–Crippen MR) is 155 cm³/mol. The summed E-state index contributed by atoms with van der Waals surface area (Å²) < 4.78 is 12.7. The van der Waals surface area contributed by atoms with E-state index in [0.717, 1.165) is 22.8 Å². The highest BCUT2D eigenvalue weighted by atomic mass is 32.2. The van der Waals surface area contributed by atoms with Gasteiger partial charge in [0.05, 0.1) is 26.2 Å². The number of pyridine rings is 1. The number of furan rings is 1. The number of amides is 2. The highest BCUT2D eigenvalue weighted by Gasteiger charge is 2.27. The molecule has 2 aromatic heterocycles. The van der Waals surface area contributed by atoms with Crippen LogP contribution < -0.4 is 15.4 Å². The second kappa shape index (κ2) is 16.6. The van der Waals surface area contributed by atoms with Crippen LogP contribution >= 0.6 is 11.9 Å². The summed E-state index contributed by atoms with van der Waals surface area (Å²) in [5, 5.41) is 6.82. The predicted octanol–water partition coefficient (Wildman–Crippen LogP) is 5.11. The smallest absolute Gasteiger partial charge is 0.287 e. The van der Waals surface area contributed by atoms with E-state index in [1.54, 1.807) is 37.6 Å². The van der Waals surface area contributed by atoms with Gasteiger partial charge in [-0.1, -0.05) is 40.7 Å². The van der Waals surface area contributed by atoms with E-state index in [1.165, 1.54) is 11.9 Å². The molecule has 0 spiro atoms. The van der Waals surface area contributed by atoms with Gasteiger partial charge in [0.2, 0.25) is 5.91 Å². The van der Waals surface area contributed by atoms with Crippen molar-refractivity contribution in [1.29, 1.82) is 0 Å². The van der Waals surface area contributed by atoms with Crippen molar-refractivity contribution in [3.63, 3.8) is 0 Å². The summed E-state index contributed by atoms with van der Waals surface area (Å²) in [7, 11) is 1.56. The summed E-state index contributed by atoms with van der Waals surface area (Å²) in [5.74, 6) is 0.580. The molecule has 1 aliphatic rings. The van der Waals surface area contributed by atoms with Crippen molar-refractivity contribution in [2.24, 2.45) is 5.92 Å². The molecule has 1 unspecified atom stereocenters. The summed E-state index contributed by atoms with van der Waals surface area (Å²) in [6.45, 7) is 11.2. The van der Waals surface area contributed by atoms with Crippen LogP contribution in [0.15, 0.2) is 58.1 Å². The number of aromatic nitrogens is 1. The third-order valence-electron chi connectivity index (χ3n) is 5.17. The molecule has 3 aromatic rings. The standard InChI is InChI=1S/C23H24N4O5S.C4H10.C2H6/c1-31-16-7-8-19-15(11-16)12-20(32-19)23(30)25-13-21(29)26-17-5-4-10-27(14-18(17)28)33-22-6-2-3-9-24-22;1-4(2)3;1-2/h2-3,6-9,11-12,17H,4-5,10,13-14H2,1H3,(H,25,30)(H,26,29);4H,1-3H3;1-2H3. The lowest BCUT2D eigenvalue weighted by molar-refractivity contribution is -0.127. The van der Waals surface area contributed by atoms with Gasteiger partial charge in [0.1, 0.15) is 16.4 Å². The maximum atomic E-state index is 12.7. The molecule has 4 rings (SSSR count). The topological polar surface area (TPSA) is 114 Å². The fourth-order valence-electron chi connectivity index (χ4n) is 3.51. The third kappa shape index (κ3) is 10.7. The number of nitrogens with one attached hydrogen (secondary N) is 2. The molecule has 10 heteroatoms. The molecule has 2 N–H and O–H groups in total. The number of nitrogens with zero attached hydrogens (tertiary/aromatic N) is 2. The zero-order valence-corrected chi connectivity index (χ0v) is 24.5. The summed E-state index contributed by atoms with van der Waals surface area (Å²) in [6.07, 6.45) is 3.01. The Morgan fingerprint density at radius 3 is 2.59 bits per heavy atom. The van der Waals surface area contributed by atoms with Crippen LogP contribution in [-0.2, 0) is 9.59 Å². The van der Waals surface area contributed by atoms with E-state index in [1.807, 2.05) is 36.4 Å². The second-order valence-electron chi connectivity index (χ2n) is 9.28. The van der Waals surface area contributed by atoms with Crippen molar-refractivity contribution in [1.82, 2.24) is 19.9 Å². The first-order valence-electron chi connectivity index (χ1n) is 13.3. The largest absolute Gasteiger partial charge is 0.497 e. The number of ketones is 1. The van der Waals surface area contributed by atoms with E-state index < -0.39 is 17.9 Å². The zero-order valence-electron chi connectivity index (χ0n) is 23.7. The average molecular weight is 557 g/mol. The number of carbonyl (C=O) groups is 3. The van der Waals surface area contributed by atoms with Crippen LogP contribution in [0.2, 0.25) is 0 Å². The third-order valence-corrected chi connectivity index (χ3v) is 6.17. The molecule has 39 heavy (non-hydrogen) atoms. The molecule has 0 radical (unpaired) electrons. The van der Waals surface area contributed by atoms with E-state index in [9.17, 15) is 14.4 Å². The Labute approximate surface area is 235 Å². The Balaban J connectivity index is 0.000000815. The SMILES string of the molecule is CC.CC(C)C.COc1ccc2oc(C(=O)NCC(=O)NC3CCCN(Sc4ccccn4)CC3=O)cc2c1. The van der Waals surface area contributed by atoms with Gasteiger partial charge in [-0.15, -0.1) is 0 Å². The molecule has 1 aliphatic heterocycles. The van der Waals surface area contributed by atoms with Crippen molar-refractivity contribution in [3.8, 4) is 5.75 Å². The number of fused-ring (bicyclic) bond motifs is 1. The van der Waals surface area contributed by atoms with Crippen LogP contribution in [0.4, 0.5) is 0 Å². The van der Waals surface area contributed by atoms with Crippen LogP contribution in [0.5, 0.6) is 5.75 Å². The van der Waals surface area contributed by atoms with Crippen molar-refractivity contribution in [2.75, 3.05) is 26.7 Å². The van der Waals surface area contributed by atoms with Gasteiger partial charge < -0.3 is 19.8 Å². The Morgan fingerprint density at radius 1 is 1.18 bits per heavy atom. The quantitative estimate of drug-likeness (QED) is 0.386. The molecule has 0 aliphatic carbocycles.